The zero-order valence-electron chi connectivity index (χ0n) is 14.5. The van der Waals surface area contributed by atoms with Crippen molar-refractivity contribution < 1.29 is 4.79 Å². The zero-order valence-corrected chi connectivity index (χ0v) is 16.1. The van der Waals surface area contributed by atoms with Gasteiger partial charge in [-0.05, 0) is 50.3 Å². The number of thioether (sulfide) groups is 1. The minimum Gasteiger partial charge on any atom is -0.301 e. The van der Waals surface area contributed by atoms with Gasteiger partial charge in [0.15, 0.2) is 10.3 Å². The van der Waals surface area contributed by atoms with Gasteiger partial charge in [0.1, 0.15) is 0 Å². The number of aromatic amines is 1. The lowest BCUT2D eigenvalue weighted by atomic mass is 10.1. The van der Waals surface area contributed by atoms with Gasteiger partial charge in [0.2, 0.25) is 5.91 Å². The molecule has 0 spiro atoms. The molecule has 0 saturated carbocycles. The van der Waals surface area contributed by atoms with E-state index in [1.165, 1.54) is 28.7 Å². The van der Waals surface area contributed by atoms with E-state index in [0.717, 1.165) is 46.3 Å². The average molecular weight is 387 g/mol. The number of amides is 1. The maximum atomic E-state index is 12.2. The molecule has 0 atom stereocenters. The van der Waals surface area contributed by atoms with Gasteiger partial charge in [-0.25, -0.2) is 9.97 Å². The van der Waals surface area contributed by atoms with E-state index in [0.29, 0.717) is 10.3 Å². The van der Waals surface area contributed by atoms with Gasteiger partial charge in [0, 0.05) is 5.56 Å². The van der Waals surface area contributed by atoms with Crippen LogP contribution >= 0.6 is 23.1 Å². The Bertz CT molecular complexity index is 1070. The highest BCUT2D eigenvalue weighted by Crippen LogP contribution is 2.29. The van der Waals surface area contributed by atoms with Gasteiger partial charge in [0.05, 0.1) is 21.7 Å². The van der Waals surface area contributed by atoms with Crippen molar-refractivity contribution in [3.63, 3.8) is 0 Å². The van der Waals surface area contributed by atoms with Crippen LogP contribution in [0.4, 0.5) is 5.13 Å². The van der Waals surface area contributed by atoms with Crippen LogP contribution in [0.15, 0.2) is 22.1 Å². The molecule has 0 bridgehead atoms. The molecule has 6 nitrogen and oxygen atoms in total. The smallest absolute Gasteiger partial charge is 0.254 e. The lowest BCUT2D eigenvalue weighted by molar-refractivity contribution is -0.113. The van der Waals surface area contributed by atoms with E-state index in [1.807, 2.05) is 13.8 Å². The standard InChI is InChI=1S/C18H18N4O2S2/c1-9-6-10(2)15-13(7-9)26-18(21-15)20-14(23)8-25-17-19-12-5-3-4-11(12)16(24)22-17/h6-7H,3-5,8H2,1-2H3,(H,19,22,24)(H,20,21,23). The largest absolute Gasteiger partial charge is 0.301 e. The number of benzene rings is 1. The molecule has 3 aromatic rings. The average Bonchev–Trinajstić information content (AvgIpc) is 3.19. The normalized spacial score (nSPS) is 13.2. The Morgan fingerprint density at radius 1 is 1.31 bits per heavy atom. The second kappa shape index (κ2) is 6.85. The van der Waals surface area contributed by atoms with Crippen molar-refractivity contribution in [1.82, 2.24) is 15.0 Å². The first-order chi connectivity index (χ1) is 12.5. The Kier molecular flexibility index (Phi) is 4.54. The number of aromatic nitrogens is 3. The van der Waals surface area contributed by atoms with Crippen LogP contribution in [0.3, 0.4) is 0 Å². The van der Waals surface area contributed by atoms with Gasteiger partial charge in [-0.15, -0.1) is 0 Å². The fraction of sp³-hybridized carbons (Fsp3) is 0.333. The summed E-state index contributed by atoms with van der Waals surface area (Å²) in [4.78, 5) is 36.0. The van der Waals surface area contributed by atoms with Crippen molar-refractivity contribution >= 4 is 44.4 Å². The summed E-state index contributed by atoms with van der Waals surface area (Å²) in [5.74, 6) is 0.0157. The first-order valence-corrected chi connectivity index (χ1v) is 10.2. The number of thiazole rings is 1. The highest BCUT2D eigenvalue weighted by Gasteiger charge is 2.18. The summed E-state index contributed by atoms with van der Waals surface area (Å²) in [6.45, 7) is 4.07. The van der Waals surface area contributed by atoms with Crippen molar-refractivity contribution in [2.24, 2.45) is 0 Å². The number of hydrogen-bond acceptors (Lipinski definition) is 6. The van der Waals surface area contributed by atoms with Crippen LogP contribution in [0.1, 0.15) is 28.8 Å². The molecule has 2 N–H and O–H groups in total. The summed E-state index contributed by atoms with van der Waals surface area (Å²) in [5.41, 5.74) is 4.79. The molecule has 1 amide bonds. The van der Waals surface area contributed by atoms with Crippen LogP contribution in [-0.2, 0) is 17.6 Å². The van der Waals surface area contributed by atoms with Gasteiger partial charge in [-0.1, -0.05) is 29.2 Å². The number of aryl methyl sites for hydroxylation is 3. The third-order valence-electron chi connectivity index (χ3n) is 4.34. The van der Waals surface area contributed by atoms with Crippen LogP contribution in [0.5, 0.6) is 0 Å². The molecule has 2 aromatic heterocycles. The molecule has 1 aliphatic carbocycles. The van der Waals surface area contributed by atoms with Crippen molar-refractivity contribution in [3.05, 3.63) is 44.9 Å². The molecule has 8 heteroatoms. The van der Waals surface area contributed by atoms with Crippen LogP contribution in [0.25, 0.3) is 10.2 Å². The second-order valence-electron chi connectivity index (χ2n) is 6.43. The number of carbonyl (C=O) groups is 1. The molecule has 1 aliphatic rings. The molecular weight excluding hydrogens is 368 g/mol. The lowest BCUT2D eigenvalue weighted by Crippen LogP contribution is -2.17. The summed E-state index contributed by atoms with van der Waals surface area (Å²) in [6, 6.07) is 4.16. The van der Waals surface area contributed by atoms with Crippen LogP contribution < -0.4 is 10.9 Å². The molecule has 0 saturated heterocycles. The second-order valence-corrected chi connectivity index (χ2v) is 8.43. The van der Waals surface area contributed by atoms with Crippen molar-refractivity contribution in [3.8, 4) is 0 Å². The lowest BCUT2D eigenvalue weighted by Gasteiger charge is -2.03. The Hall–Kier alpha value is -2.19. The SMILES string of the molecule is Cc1cc(C)c2nc(NC(=O)CSc3nc4c(c(=O)[nH]3)CCC4)sc2c1. The molecular formula is C18H18N4O2S2. The van der Waals surface area contributed by atoms with Crippen LogP contribution in [0, 0.1) is 13.8 Å². The van der Waals surface area contributed by atoms with Gasteiger partial charge in [-0.2, -0.15) is 0 Å². The number of fused-ring (bicyclic) bond motifs is 2. The van der Waals surface area contributed by atoms with Crippen molar-refractivity contribution in [2.45, 2.75) is 38.3 Å². The van der Waals surface area contributed by atoms with Crippen LogP contribution in [-0.4, -0.2) is 26.6 Å². The first-order valence-electron chi connectivity index (χ1n) is 8.42. The van der Waals surface area contributed by atoms with E-state index in [4.69, 9.17) is 0 Å². The number of rotatable bonds is 4. The molecule has 0 fully saturated rings. The quantitative estimate of drug-likeness (QED) is 0.531. The molecule has 26 heavy (non-hydrogen) atoms. The summed E-state index contributed by atoms with van der Waals surface area (Å²) in [7, 11) is 0. The van der Waals surface area contributed by atoms with Crippen molar-refractivity contribution in [1.29, 1.82) is 0 Å². The Morgan fingerprint density at radius 2 is 2.15 bits per heavy atom. The van der Waals surface area contributed by atoms with E-state index in [2.05, 4.69) is 32.4 Å². The van der Waals surface area contributed by atoms with Gasteiger partial charge >= 0.3 is 0 Å². The van der Waals surface area contributed by atoms with Gasteiger partial charge < -0.3 is 10.3 Å². The summed E-state index contributed by atoms with van der Waals surface area (Å²) < 4.78 is 1.06. The number of carbonyl (C=O) groups excluding carboxylic acids is 1. The molecule has 4 rings (SSSR count). The predicted molar refractivity (Wildman–Crippen MR) is 105 cm³/mol. The molecule has 0 aliphatic heterocycles. The number of anilines is 1. The molecule has 2 heterocycles. The molecule has 134 valence electrons. The highest BCUT2D eigenvalue weighted by molar-refractivity contribution is 7.99. The minimum absolute atomic E-state index is 0.0765. The summed E-state index contributed by atoms with van der Waals surface area (Å²) in [6.07, 6.45) is 2.60. The maximum absolute atomic E-state index is 12.2. The topological polar surface area (TPSA) is 87.7 Å². The summed E-state index contributed by atoms with van der Waals surface area (Å²) in [5, 5.41) is 3.94. The number of nitrogens with one attached hydrogen (secondary N) is 2. The van der Waals surface area contributed by atoms with E-state index >= 15 is 0 Å². The molecule has 1 aromatic carbocycles. The van der Waals surface area contributed by atoms with E-state index in [9.17, 15) is 9.59 Å². The Labute approximate surface area is 158 Å². The Morgan fingerprint density at radius 3 is 3.00 bits per heavy atom. The third kappa shape index (κ3) is 3.39. The fourth-order valence-electron chi connectivity index (χ4n) is 3.20. The fourth-order valence-corrected chi connectivity index (χ4v) is 4.94. The monoisotopic (exact) mass is 386 g/mol. The van der Waals surface area contributed by atoms with E-state index in [-0.39, 0.29) is 17.2 Å². The predicted octanol–water partition coefficient (Wildman–Crippen LogP) is 3.22. The minimum atomic E-state index is -0.161. The Balaban J connectivity index is 1.44. The van der Waals surface area contributed by atoms with Gasteiger partial charge in [0.25, 0.3) is 5.56 Å². The van der Waals surface area contributed by atoms with Gasteiger partial charge in [-0.3, -0.25) is 9.59 Å². The van der Waals surface area contributed by atoms with Crippen molar-refractivity contribution in [2.75, 3.05) is 11.1 Å². The maximum Gasteiger partial charge on any atom is 0.254 e. The van der Waals surface area contributed by atoms with E-state index < -0.39 is 0 Å². The zero-order chi connectivity index (χ0) is 18.3. The van der Waals surface area contributed by atoms with E-state index in [1.54, 1.807) is 0 Å². The van der Waals surface area contributed by atoms with Crippen LogP contribution in [0.2, 0.25) is 0 Å². The summed E-state index contributed by atoms with van der Waals surface area (Å²) >= 11 is 2.71. The third-order valence-corrected chi connectivity index (χ3v) is 6.13. The number of H-pyrrole nitrogens is 1. The number of nitrogens with zero attached hydrogens (tertiary/aromatic N) is 2. The molecule has 0 radical (unpaired) electrons. The number of hydrogen-bond donors (Lipinski definition) is 2. The first kappa shape index (κ1) is 17.2. The molecule has 0 unspecified atom stereocenters. The highest BCUT2D eigenvalue weighted by atomic mass is 32.2.